The Morgan fingerprint density at radius 1 is 1.04 bits per heavy atom. The molecule has 0 N–H and O–H groups in total. The average Bonchev–Trinajstić information content (AvgIpc) is 2.68. The maximum absolute atomic E-state index is 12.7. The molecule has 1 aromatic heterocycles. The first-order chi connectivity index (χ1) is 12.7. The molecule has 0 saturated carbocycles. The van der Waals surface area contributed by atoms with Gasteiger partial charge in [-0.15, -0.1) is 0 Å². The van der Waals surface area contributed by atoms with Gasteiger partial charge in [-0.2, -0.15) is 0 Å². The molecule has 134 valence electrons. The minimum atomic E-state index is -0.337. The Morgan fingerprint density at radius 3 is 2.58 bits per heavy atom. The number of amides is 1. The van der Waals surface area contributed by atoms with Crippen molar-refractivity contribution in [2.75, 3.05) is 49.1 Å². The molecule has 2 aliphatic heterocycles. The largest absolute Gasteiger partial charge is 0.423 e. The molecule has 1 fully saturated rings. The maximum Gasteiger partial charge on any atom is 0.331 e. The van der Waals surface area contributed by atoms with Gasteiger partial charge in [0.2, 0.25) is 5.91 Å². The second kappa shape index (κ2) is 7.03. The van der Waals surface area contributed by atoms with E-state index < -0.39 is 0 Å². The lowest BCUT2D eigenvalue weighted by atomic mass is 10.2. The first-order valence-electron chi connectivity index (χ1n) is 8.69. The zero-order chi connectivity index (χ0) is 17.9. The van der Waals surface area contributed by atoms with Crippen molar-refractivity contribution in [3.8, 4) is 5.75 Å². The van der Waals surface area contributed by atoms with Crippen LogP contribution in [-0.2, 0) is 9.59 Å². The lowest BCUT2D eigenvalue weighted by Gasteiger charge is -2.37. The molecule has 2 aliphatic rings. The number of carbonyl (C=O) groups excluding carboxylic acids is 2. The Hall–Kier alpha value is -3.09. The first kappa shape index (κ1) is 16.4. The van der Waals surface area contributed by atoms with Crippen LogP contribution in [-0.4, -0.2) is 61.0 Å². The lowest BCUT2D eigenvalue weighted by molar-refractivity contribution is -0.133. The van der Waals surface area contributed by atoms with Crippen LogP contribution in [0.4, 0.5) is 11.5 Å². The molecule has 1 amide bonds. The molecule has 3 heterocycles. The van der Waals surface area contributed by atoms with Crippen molar-refractivity contribution in [3.63, 3.8) is 0 Å². The number of esters is 1. The molecule has 0 radical (unpaired) electrons. The van der Waals surface area contributed by atoms with E-state index in [9.17, 15) is 9.59 Å². The van der Waals surface area contributed by atoms with E-state index in [1.165, 1.54) is 0 Å². The molecule has 0 spiro atoms. The van der Waals surface area contributed by atoms with Crippen LogP contribution < -0.4 is 14.5 Å². The number of hydrogen-bond acceptors (Lipinski definition) is 6. The van der Waals surface area contributed by atoms with Crippen molar-refractivity contribution >= 4 is 23.4 Å². The Balaban J connectivity index is 1.38. The summed E-state index contributed by atoms with van der Waals surface area (Å²) in [4.78, 5) is 34.7. The van der Waals surface area contributed by atoms with Crippen molar-refractivity contribution in [2.45, 2.75) is 0 Å². The second-order valence-electron chi connectivity index (χ2n) is 6.35. The van der Waals surface area contributed by atoms with Gasteiger partial charge in [0.1, 0.15) is 12.4 Å². The van der Waals surface area contributed by atoms with Crippen LogP contribution in [0.5, 0.6) is 5.75 Å². The van der Waals surface area contributed by atoms with Gasteiger partial charge in [-0.3, -0.25) is 4.79 Å². The number of benzene rings is 1. The minimum Gasteiger partial charge on any atom is -0.423 e. The van der Waals surface area contributed by atoms with Gasteiger partial charge in [-0.05, 0) is 24.3 Å². The zero-order valence-corrected chi connectivity index (χ0v) is 14.4. The summed E-state index contributed by atoms with van der Waals surface area (Å²) in [6, 6.07) is 13.1. The summed E-state index contributed by atoms with van der Waals surface area (Å²) < 4.78 is 5.23. The summed E-state index contributed by atoms with van der Waals surface area (Å²) in [5.41, 5.74) is 0.785. The Morgan fingerprint density at radius 2 is 1.81 bits per heavy atom. The number of fused-ring (bicyclic) bond motifs is 1. The first-order valence-corrected chi connectivity index (χ1v) is 8.69. The molecule has 2 aromatic rings. The van der Waals surface area contributed by atoms with E-state index in [4.69, 9.17) is 4.74 Å². The average molecular weight is 352 g/mol. The van der Waals surface area contributed by atoms with Crippen LogP contribution in [0.15, 0.2) is 48.7 Å². The van der Waals surface area contributed by atoms with Crippen molar-refractivity contribution in [1.29, 1.82) is 0 Å². The van der Waals surface area contributed by atoms with Gasteiger partial charge >= 0.3 is 5.97 Å². The van der Waals surface area contributed by atoms with Crippen LogP contribution in [0.1, 0.15) is 0 Å². The van der Waals surface area contributed by atoms with E-state index in [0.29, 0.717) is 18.8 Å². The molecule has 0 bridgehead atoms. The molecule has 26 heavy (non-hydrogen) atoms. The van der Waals surface area contributed by atoms with Crippen molar-refractivity contribution in [2.24, 2.45) is 0 Å². The Labute approximate surface area is 151 Å². The normalized spacial score (nSPS) is 16.9. The predicted molar refractivity (Wildman–Crippen MR) is 97.3 cm³/mol. The van der Waals surface area contributed by atoms with Gasteiger partial charge < -0.3 is 19.4 Å². The van der Waals surface area contributed by atoms with Crippen molar-refractivity contribution < 1.29 is 14.3 Å². The van der Waals surface area contributed by atoms with Gasteiger partial charge in [-0.1, -0.05) is 18.2 Å². The summed E-state index contributed by atoms with van der Waals surface area (Å²) in [7, 11) is 0. The number of para-hydroxylation sites is 2. The molecule has 1 saturated heterocycles. The summed E-state index contributed by atoms with van der Waals surface area (Å²) in [6.07, 6.45) is 1.78. The third-order valence-electron chi connectivity index (χ3n) is 4.68. The van der Waals surface area contributed by atoms with E-state index in [0.717, 1.165) is 24.6 Å². The zero-order valence-electron chi connectivity index (χ0n) is 14.4. The number of nitrogens with zero attached hydrogens (tertiary/aromatic N) is 4. The molecular formula is C19H20N4O3. The molecule has 4 rings (SSSR count). The highest BCUT2D eigenvalue weighted by Gasteiger charge is 2.28. The monoisotopic (exact) mass is 352 g/mol. The number of rotatable bonds is 3. The highest BCUT2D eigenvalue weighted by Crippen LogP contribution is 2.31. The van der Waals surface area contributed by atoms with E-state index >= 15 is 0 Å². The Kier molecular flexibility index (Phi) is 4.43. The van der Waals surface area contributed by atoms with Crippen LogP contribution in [0.2, 0.25) is 0 Å². The van der Waals surface area contributed by atoms with Gasteiger partial charge in [0.15, 0.2) is 5.75 Å². The lowest BCUT2D eigenvalue weighted by Crippen LogP contribution is -2.52. The van der Waals surface area contributed by atoms with Crippen LogP contribution in [0, 0.1) is 0 Å². The topological polar surface area (TPSA) is 66.0 Å². The molecular weight excluding hydrogens is 332 g/mol. The SMILES string of the molecule is O=C1CN(CC(=O)N2CCN(c3ccccn3)CC2)c2ccccc2O1. The quantitative estimate of drug-likeness (QED) is 0.610. The van der Waals surface area contributed by atoms with E-state index in [2.05, 4.69) is 9.88 Å². The minimum absolute atomic E-state index is 0.0233. The highest BCUT2D eigenvalue weighted by atomic mass is 16.5. The number of anilines is 2. The van der Waals surface area contributed by atoms with Crippen molar-refractivity contribution in [1.82, 2.24) is 9.88 Å². The summed E-state index contributed by atoms with van der Waals surface area (Å²) in [6.45, 7) is 3.07. The fourth-order valence-electron chi connectivity index (χ4n) is 3.33. The standard InChI is InChI=1S/C19H20N4O3/c24-18(13-23-14-19(25)26-16-6-2-1-5-15(16)23)22-11-9-21(10-12-22)17-7-3-4-8-20-17/h1-8H,9-14H2. The second-order valence-corrected chi connectivity index (χ2v) is 6.35. The van der Waals surface area contributed by atoms with E-state index in [1.54, 1.807) is 17.2 Å². The van der Waals surface area contributed by atoms with Gasteiger partial charge in [-0.25, -0.2) is 9.78 Å². The number of aromatic nitrogens is 1. The smallest absolute Gasteiger partial charge is 0.331 e. The van der Waals surface area contributed by atoms with E-state index in [-0.39, 0.29) is 25.0 Å². The summed E-state index contributed by atoms with van der Waals surface area (Å²) in [5.74, 6) is 1.13. The molecule has 7 nitrogen and oxygen atoms in total. The molecule has 0 aliphatic carbocycles. The predicted octanol–water partition coefficient (Wildman–Crippen LogP) is 1.16. The number of pyridine rings is 1. The maximum atomic E-state index is 12.7. The number of hydrogen-bond donors (Lipinski definition) is 0. The number of ether oxygens (including phenoxy) is 1. The number of piperazine rings is 1. The molecule has 0 unspecified atom stereocenters. The van der Waals surface area contributed by atoms with Gasteiger partial charge in [0.05, 0.1) is 12.2 Å². The molecule has 0 atom stereocenters. The van der Waals surface area contributed by atoms with Gasteiger partial charge in [0, 0.05) is 32.4 Å². The van der Waals surface area contributed by atoms with Gasteiger partial charge in [0.25, 0.3) is 0 Å². The van der Waals surface area contributed by atoms with E-state index in [1.807, 2.05) is 41.3 Å². The Bertz CT molecular complexity index is 803. The van der Waals surface area contributed by atoms with Crippen molar-refractivity contribution in [3.05, 3.63) is 48.7 Å². The third-order valence-corrected chi connectivity index (χ3v) is 4.68. The summed E-state index contributed by atoms with van der Waals surface area (Å²) in [5, 5.41) is 0. The highest BCUT2D eigenvalue weighted by molar-refractivity contribution is 5.89. The van der Waals surface area contributed by atoms with Crippen LogP contribution in [0.25, 0.3) is 0 Å². The molecule has 1 aromatic carbocycles. The fraction of sp³-hybridized carbons (Fsp3) is 0.316. The molecule has 7 heteroatoms. The van der Waals surface area contributed by atoms with Crippen LogP contribution >= 0.6 is 0 Å². The number of carbonyl (C=O) groups is 2. The third kappa shape index (κ3) is 3.33. The fourth-order valence-corrected chi connectivity index (χ4v) is 3.33. The van der Waals surface area contributed by atoms with Crippen LogP contribution in [0.3, 0.4) is 0 Å². The summed E-state index contributed by atoms with van der Waals surface area (Å²) >= 11 is 0.